The van der Waals surface area contributed by atoms with Crippen LogP contribution in [0.15, 0.2) is 12.1 Å². The number of methoxy groups -OCH3 is 3. The highest BCUT2D eigenvalue weighted by molar-refractivity contribution is 5.90. The normalized spacial score (nSPS) is 22.0. The Balaban J connectivity index is 2.19. The molecule has 25 heavy (non-hydrogen) atoms. The highest BCUT2D eigenvalue weighted by Gasteiger charge is 2.41. The first kappa shape index (κ1) is 19.5. The number of ether oxygens (including phenoxy) is 5. The summed E-state index contributed by atoms with van der Waals surface area (Å²) in [6, 6.07) is 3.23. The van der Waals surface area contributed by atoms with Crippen LogP contribution in [0.1, 0.15) is 35.7 Å². The van der Waals surface area contributed by atoms with Crippen molar-refractivity contribution in [1.82, 2.24) is 0 Å². The number of aliphatic hydroxyl groups is 1. The molecule has 0 fully saturated rings. The van der Waals surface area contributed by atoms with Crippen LogP contribution in [0.2, 0.25) is 0 Å². The van der Waals surface area contributed by atoms with Gasteiger partial charge in [0.05, 0.1) is 25.9 Å². The van der Waals surface area contributed by atoms with Gasteiger partial charge in [-0.1, -0.05) is 0 Å². The molecule has 7 heteroatoms. The summed E-state index contributed by atoms with van der Waals surface area (Å²) in [5.74, 6) is 0.568. The molecular weight excluding hydrogens is 328 g/mol. The smallest absolute Gasteiger partial charge is 0.338 e. The van der Waals surface area contributed by atoms with Gasteiger partial charge < -0.3 is 28.8 Å². The predicted molar refractivity (Wildman–Crippen MR) is 90.1 cm³/mol. The van der Waals surface area contributed by atoms with E-state index in [1.807, 2.05) is 6.92 Å². The molecule has 1 aliphatic heterocycles. The lowest BCUT2D eigenvalue weighted by atomic mass is 9.85. The van der Waals surface area contributed by atoms with Gasteiger partial charge >= 0.3 is 5.97 Å². The Morgan fingerprint density at radius 2 is 2.12 bits per heavy atom. The number of rotatable bonds is 8. The molecule has 0 saturated heterocycles. The minimum atomic E-state index is -0.775. The number of benzene rings is 1. The Morgan fingerprint density at radius 3 is 2.76 bits per heavy atom. The van der Waals surface area contributed by atoms with Crippen LogP contribution in [-0.4, -0.2) is 57.5 Å². The first-order valence-corrected chi connectivity index (χ1v) is 8.18. The van der Waals surface area contributed by atoms with Crippen LogP contribution in [0.3, 0.4) is 0 Å². The Morgan fingerprint density at radius 1 is 1.36 bits per heavy atom. The van der Waals surface area contributed by atoms with Crippen molar-refractivity contribution >= 4 is 5.97 Å². The maximum absolute atomic E-state index is 11.9. The van der Waals surface area contributed by atoms with Gasteiger partial charge in [0.2, 0.25) is 0 Å². The maximum Gasteiger partial charge on any atom is 0.338 e. The van der Waals surface area contributed by atoms with Crippen LogP contribution in [0.5, 0.6) is 11.5 Å². The average molecular weight is 354 g/mol. The van der Waals surface area contributed by atoms with Crippen LogP contribution >= 0.6 is 0 Å². The van der Waals surface area contributed by atoms with E-state index in [9.17, 15) is 9.90 Å². The molecule has 2 atom stereocenters. The third kappa shape index (κ3) is 4.42. The second-order valence-corrected chi connectivity index (χ2v) is 6.20. The summed E-state index contributed by atoms with van der Waals surface area (Å²) in [5.41, 5.74) is 0.319. The molecule has 7 nitrogen and oxygen atoms in total. The topological polar surface area (TPSA) is 83.5 Å². The average Bonchev–Trinajstić information content (AvgIpc) is 2.61. The predicted octanol–water partition coefficient (Wildman–Crippen LogP) is 1.94. The summed E-state index contributed by atoms with van der Waals surface area (Å²) in [6.45, 7) is 2.61. The zero-order chi connectivity index (χ0) is 18.4. The first-order chi connectivity index (χ1) is 11.9. The highest BCUT2D eigenvalue weighted by atomic mass is 16.7. The van der Waals surface area contributed by atoms with E-state index in [0.29, 0.717) is 42.9 Å². The molecule has 1 N–H and O–H groups in total. The summed E-state index contributed by atoms with van der Waals surface area (Å²) in [7, 11) is 4.41. The summed E-state index contributed by atoms with van der Waals surface area (Å²) in [5, 5.41) is 10.6. The Labute approximate surface area is 147 Å². The minimum Gasteiger partial charge on any atom is -0.496 e. The molecule has 1 aromatic rings. The highest BCUT2D eigenvalue weighted by Crippen LogP contribution is 2.41. The molecule has 0 amide bonds. The van der Waals surface area contributed by atoms with Crippen molar-refractivity contribution in [2.24, 2.45) is 0 Å². The molecule has 2 rings (SSSR count). The van der Waals surface area contributed by atoms with E-state index < -0.39 is 17.7 Å². The van der Waals surface area contributed by atoms with Gasteiger partial charge in [0.1, 0.15) is 23.9 Å². The summed E-state index contributed by atoms with van der Waals surface area (Å²) in [6.07, 6.45) is 0.998. The number of hydrogen-bond acceptors (Lipinski definition) is 7. The Kier molecular flexibility index (Phi) is 6.64. The molecule has 0 unspecified atom stereocenters. The zero-order valence-electron chi connectivity index (χ0n) is 15.2. The lowest BCUT2D eigenvalue weighted by molar-refractivity contribution is -0.0719. The quantitative estimate of drug-likeness (QED) is 0.434. The molecule has 0 aliphatic carbocycles. The fraction of sp³-hybridized carbons (Fsp3) is 0.611. The second kappa shape index (κ2) is 8.51. The van der Waals surface area contributed by atoms with E-state index in [4.69, 9.17) is 23.7 Å². The SMILES string of the molecule is COCOCCC[C@]1(C)Oc2cc(C(=O)OC)cc(OC)c2C[C@@H]1O. The summed E-state index contributed by atoms with van der Waals surface area (Å²) < 4.78 is 26.3. The van der Waals surface area contributed by atoms with Crippen molar-refractivity contribution in [1.29, 1.82) is 0 Å². The summed E-state index contributed by atoms with van der Waals surface area (Å²) >= 11 is 0. The first-order valence-electron chi connectivity index (χ1n) is 8.18. The van der Waals surface area contributed by atoms with Crippen LogP contribution < -0.4 is 9.47 Å². The Bertz CT molecular complexity index is 601. The van der Waals surface area contributed by atoms with Crippen molar-refractivity contribution in [3.05, 3.63) is 23.3 Å². The number of carbonyl (C=O) groups excluding carboxylic acids is 1. The second-order valence-electron chi connectivity index (χ2n) is 6.20. The van der Waals surface area contributed by atoms with E-state index >= 15 is 0 Å². The molecule has 1 aromatic carbocycles. The molecule has 0 radical (unpaired) electrons. The van der Waals surface area contributed by atoms with E-state index in [-0.39, 0.29) is 6.79 Å². The molecule has 1 heterocycles. The van der Waals surface area contributed by atoms with Crippen molar-refractivity contribution in [2.45, 2.75) is 37.9 Å². The number of esters is 1. The number of hydrogen-bond donors (Lipinski definition) is 1. The van der Waals surface area contributed by atoms with Gasteiger partial charge in [-0.25, -0.2) is 4.79 Å². The number of carbonyl (C=O) groups is 1. The molecule has 0 saturated carbocycles. The molecule has 0 aromatic heterocycles. The van der Waals surface area contributed by atoms with Crippen LogP contribution in [0, 0.1) is 0 Å². The monoisotopic (exact) mass is 354 g/mol. The maximum atomic E-state index is 11.9. The third-order valence-corrected chi connectivity index (χ3v) is 4.42. The fourth-order valence-corrected chi connectivity index (χ4v) is 2.94. The summed E-state index contributed by atoms with van der Waals surface area (Å²) in [4.78, 5) is 11.9. The molecule has 0 spiro atoms. The van der Waals surface area contributed by atoms with Gasteiger partial charge in [-0.3, -0.25) is 0 Å². The van der Waals surface area contributed by atoms with Gasteiger partial charge in [-0.2, -0.15) is 0 Å². The molecule has 140 valence electrons. The van der Waals surface area contributed by atoms with Gasteiger partial charge in [-0.05, 0) is 31.9 Å². The van der Waals surface area contributed by atoms with Crippen molar-refractivity contribution in [3.63, 3.8) is 0 Å². The van der Waals surface area contributed by atoms with Crippen LogP contribution in [0.25, 0.3) is 0 Å². The molecule has 0 bridgehead atoms. The standard InChI is InChI=1S/C18H26O7/c1-18(6-5-7-24-11-21-2)16(19)10-13-14(22-3)8-12(17(20)23-4)9-15(13)25-18/h8-9,16,19H,5-7,10-11H2,1-4H3/t16-,18-/m0/s1. The fourth-order valence-electron chi connectivity index (χ4n) is 2.94. The largest absolute Gasteiger partial charge is 0.496 e. The third-order valence-electron chi connectivity index (χ3n) is 4.42. The van der Waals surface area contributed by atoms with Crippen molar-refractivity contribution in [3.8, 4) is 11.5 Å². The molecular formula is C18H26O7. The Hall–Kier alpha value is -1.83. The number of aliphatic hydroxyl groups excluding tert-OH is 1. The zero-order valence-corrected chi connectivity index (χ0v) is 15.2. The van der Waals surface area contributed by atoms with Crippen LogP contribution in [-0.2, 0) is 20.6 Å². The van der Waals surface area contributed by atoms with Crippen molar-refractivity contribution < 1.29 is 33.6 Å². The van der Waals surface area contributed by atoms with E-state index in [1.165, 1.54) is 14.2 Å². The lowest BCUT2D eigenvalue weighted by Gasteiger charge is -2.40. The van der Waals surface area contributed by atoms with Gasteiger partial charge in [0, 0.05) is 25.7 Å². The van der Waals surface area contributed by atoms with Gasteiger partial charge in [0.15, 0.2) is 0 Å². The molecule has 1 aliphatic rings. The van der Waals surface area contributed by atoms with E-state index in [1.54, 1.807) is 19.2 Å². The van der Waals surface area contributed by atoms with E-state index in [2.05, 4.69) is 0 Å². The number of fused-ring (bicyclic) bond motifs is 1. The van der Waals surface area contributed by atoms with Crippen molar-refractivity contribution in [2.75, 3.05) is 34.7 Å². The van der Waals surface area contributed by atoms with Crippen LogP contribution in [0.4, 0.5) is 0 Å². The lowest BCUT2D eigenvalue weighted by Crippen LogP contribution is -2.49. The van der Waals surface area contributed by atoms with E-state index in [0.717, 1.165) is 5.56 Å². The van der Waals surface area contributed by atoms with Gasteiger partial charge in [-0.15, -0.1) is 0 Å². The minimum absolute atomic E-state index is 0.239. The van der Waals surface area contributed by atoms with Gasteiger partial charge in [0.25, 0.3) is 0 Å².